The molecule has 1 heteroatoms. The molecule has 1 atom stereocenters. The van der Waals surface area contributed by atoms with Crippen molar-refractivity contribution in [1.82, 2.24) is 0 Å². The summed E-state index contributed by atoms with van der Waals surface area (Å²) in [6.07, 6.45) is 3.29. The van der Waals surface area contributed by atoms with E-state index in [1.54, 1.807) is 0 Å². The molecule has 2 aromatic rings. The van der Waals surface area contributed by atoms with Crippen LogP contribution in [-0.4, -0.2) is 0 Å². The molecule has 0 saturated heterocycles. The molecular formula is C17H22N+. The van der Waals surface area contributed by atoms with E-state index in [9.17, 15) is 0 Å². The van der Waals surface area contributed by atoms with Crippen molar-refractivity contribution in [3.05, 3.63) is 53.7 Å². The summed E-state index contributed by atoms with van der Waals surface area (Å²) in [5.74, 6) is 0.641. The van der Waals surface area contributed by atoms with Crippen molar-refractivity contribution in [2.75, 3.05) is 0 Å². The molecule has 0 saturated carbocycles. The summed E-state index contributed by atoms with van der Waals surface area (Å²) in [5.41, 5.74) is 5.39. The minimum Gasteiger partial charge on any atom is -0.201 e. The Morgan fingerprint density at radius 2 is 1.94 bits per heavy atom. The summed E-state index contributed by atoms with van der Waals surface area (Å²) in [6.45, 7) is 6.73. The lowest BCUT2D eigenvalue weighted by Gasteiger charge is -2.12. The van der Waals surface area contributed by atoms with Crippen molar-refractivity contribution in [1.29, 1.82) is 0 Å². The topological polar surface area (TPSA) is 3.88 Å². The number of aryl methyl sites for hydroxylation is 2. The zero-order chi connectivity index (χ0) is 13.1. The van der Waals surface area contributed by atoms with E-state index in [1.165, 1.54) is 28.8 Å². The number of rotatable bonds is 3. The number of aromatic nitrogens is 1. The molecule has 2 rings (SSSR count). The van der Waals surface area contributed by atoms with Gasteiger partial charge in [0.25, 0.3) is 0 Å². The summed E-state index contributed by atoms with van der Waals surface area (Å²) in [5, 5.41) is 0. The highest BCUT2D eigenvalue weighted by Crippen LogP contribution is 2.26. The van der Waals surface area contributed by atoms with Gasteiger partial charge in [-0.25, -0.2) is 4.57 Å². The van der Waals surface area contributed by atoms with E-state index in [2.05, 4.69) is 75.0 Å². The molecular weight excluding hydrogens is 218 g/mol. The smallest absolute Gasteiger partial charge is 0.201 e. The first-order chi connectivity index (χ1) is 8.63. The molecule has 1 unspecified atom stereocenters. The fraction of sp³-hybridized carbons (Fsp3) is 0.353. The lowest BCUT2D eigenvalue weighted by Crippen LogP contribution is -2.30. The summed E-state index contributed by atoms with van der Waals surface area (Å²) in [4.78, 5) is 0. The molecule has 0 fully saturated rings. The van der Waals surface area contributed by atoms with Gasteiger partial charge in [-0.15, -0.1) is 0 Å². The third-order valence-electron chi connectivity index (χ3n) is 3.76. The SMILES string of the molecule is CCC(C)c1ccc(-c2cccc[n+]2C)c(C)c1. The van der Waals surface area contributed by atoms with Crippen molar-refractivity contribution in [2.45, 2.75) is 33.1 Å². The van der Waals surface area contributed by atoms with Crippen LogP contribution in [-0.2, 0) is 7.05 Å². The van der Waals surface area contributed by atoms with Crippen molar-refractivity contribution < 1.29 is 4.57 Å². The number of hydrogen-bond donors (Lipinski definition) is 0. The van der Waals surface area contributed by atoms with Gasteiger partial charge >= 0.3 is 0 Å². The molecule has 1 aromatic carbocycles. The van der Waals surface area contributed by atoms with Crippen LogP contribution in [0.3, 0.4) is 0 Å². The molecule has 0 amide bonds. The van der Waals surface area contributed by atoms with Crippen molar-refractivity contribution >= 4 is 0 Å². The molecule has 1 aromatic heterocycles. The normalized spacial score (nSPS) is 12.4. The van der Waals surface area contributed by atoms with Crippen LogP contribution in [0, 0.1) is 6.92 Å². The molecule has 0 spiro atoms. The van der Waals surface area contributed by atoms with E-state index in [-0.39, 0.29) is 0 Å². The standard InChI is InChI=1S/C17H22N/c1-5-13(2)15-9-10-16(14(3)12-15)17-8-6-7-11-18(17)4/h6-13H,5H2,1-4H3/q+1. The Morgan fingerprint density at radius 1 is 1.17 bits per heavy atom. The Hall–Kier alpha value is -1.63. The number of hydrogen-bond acceptors (Lipinski definition) is 0. The highest BCUT2D eigenvalue weighted by Gasteiger charge is 2.12. The second kappa shape index (κ2) is 5.34. The predicted molar refractivity (Wildman–Crippen MR) is 76.5 cm³/mol. The van der Waals surface area contributed by atoms with Crippen LogP contribution < -0.4 is 4.57 Å². The summed E-state index contributed by atoms with van der Waals surface area (Å²) >= 11 is 0. The van der Waals surface area contributed by atoms with E-state index in [1.807, 2.05) is 0 Å². The largest absolute Gasteiger partial charge is 0.212 e. The lowest BCUT2D eigenvalue weighted by atomic mass is 9.94. The zero-order valence-corrected chi connectivity index (χ0v) is 11.8. The Bertz CT molecular complexity index is 543. The van der Waals surface area contributed by atoms with Gasteiger partial charge in [-0.05, 0) is 42.5 Å². The number of nitrogens with zero attached hydrogens (tertiary/aromatic N) is 1. The van der Waals surface area contributed by atoms with Gasteiger partial charge in [-0.1, -0.05) is 26.0 Å². The third kappa shape index (κ3) is 2.45. The highest BCUT2D eigenvalue weighted by molar-refractivity contribution is 5.61. The van der Waals surface area contributed by atoms with Gasteiger partial charge in [-0.3, -0.25) is 0 Å². The first kappa shape index (κ1) is 12.8. The van der Waals surface area contributed by atoms with Crippen LogP contribution in [0.5, 0.6) is 0 Å². The fourth-order valence-electron chi connectivity index (χ4n) is 2.32. The van der Waals surface area contributed by atoms with Crippen LogP contribution in [0.2, 0.25) is 0 Å². The maximum atomic E-state index is 2.33. The van der Waals surface area contributed by atoms with E-state index >= 15 is 0 Å². The van der Waals surface area contributed by atoms with Gasteiger partial charge < -0.3 is 0 Å². The van der Waals surface area contributed by atoms with Gasteiger partial charge in [0.05, 0.1) is 0 Å². The van der Waals surface area contributed by atoms with E-state index in [4.69, 9.17) is 0 Å². The molecule has 1 nitrogen and oxygen atoms in total. The van der Waals surface area contributed by atoms with Crippen molar-refractivity contribution in [2.24, 2.45) is 7.05 Å². The number of benzene rings is 1. The molecule has 0 aliphatic carbocycles. The third-order valence-corrected chi connectivity index (χ3v) is 3.76. The Kier molecular flexibility index (Phi) is 3.81. The molecule has 0 aliphatic heterocycles. The second-order valence-corrected chi connectivity index (χ2v) is 5.08. The van der Waals surface area contributed by atoms with Crippen LogP contribution in [0.15, 0.2) is 42.6 Å². The first-order valence-corrected chi connectivity index (χ1v) is 6.69. The first-order valence-electron chi connectivity index (χ1n) is 6.69. The summed E-state index contributed by atoms with van der Waals surface area (Å²) in [7, 11) is 2.09. The van der Waals surface area contributed by atoms with Crippen LogP contribution in [0.1, 0.15) is 37.3 Å². The molecule has 1 heterocycles. The molecule has 0 bridgehead atoms. The predicted octanol–water partition coefficient (Wildman–Crippen LogP) is 4.00. The molecule has 0 N–H and O–H groups in total. The van der Waals surface area contributed by atoms with Crippen molar-refractivity contribution in [3.63, 3.8) is 0 Å². The molecule has 18 heavy (non-hydrogen) atoms. The zero-order valence-electron chi connectivity index (χ0n) is 11.8. The Morgan fingerprint density at radius 3 is 2.56 bits per heavy atom. The Labute approximate surface area is 110 Å². The maximum absolute atomic E-state index is 2.33. The molecule has 0 radical (unpaired) electrons. The van der Waals surface area contributed by atoms with Gasteiger partial charge in [0.1, 0.15) is 7.05 Å². The average molecular weight is 240 g/mol. The average Bonchev–Trinajstić information content (AvgIpc) is 2.39. The molecule has 94 valence electrons. The van der Waals surface area contributed by atoms with E-state index in [0.717, 1.165) is 0 Å². The van der Waals surface area contributed by atoms with Gasteiger partial charge in [0, 0.05) is 17.7 Å². The molecule has 0 aliphatic rings. The van der Waals surface area contributed by atoms with Gasteiger partial charge in [0.2, 0.25) is 5.69 Å². The fourth-order valence-corrected chi connectivity index (χ4v) is 2.32. The van der Waals surface area contributed by atoms with Gasteiger partial charge in [0.15, 0.2) is 6.20 Å². The van der Waals surface area contributed by atoms with Gasteiger partial charge in [-0.2, -0.15) is 0 Å². The van der Waals surface area contributed by atoms with Crippen molar-refractivity contribution in [3.8, 4) is 11.3 Å². The summed E-state index contributed by atoms with van der Waals surface area (Å²) < 4.78 is 2.17. The van der Waals surface area contributed by atoms with E-state index in [0.29, 0.717) is 5.92 Å². The summed E-state index contributed by atoms with van der Waals surface area (Å²) in [6, 6.07) is 13.2. The van der Waals surface area contributed by atoms with Crippen LogP contribution >= 0.6 is 0 Å². The number of pyridine rings is 1. The minimum absolute atomic E-state index is 0.641. The van der Waals surface area contributed by atoms with E-state index < -0.39 is 0 Å². The highest BCUT2D eigenvalue weighted by atomic mass is 14.9. The second-order valence-electron chi connectivity index (χ2n) is 5.08. The maximum Gasteiger partial charge on any atom is 0.212 e. The van der Waals surface area contributed by atoms with Crippen LogP contribution in [0.25, 0.3) is 11.3 Å². The minimum atomic E-state index is 0.641. The monoisotopic (exact) mass is 240 g/mol. The quantitative estimate of drug-likeness (QED) is 0.714. The lowest BCUT2D eigenvalue weighted by molar-refractivity contribution is -0.660. The Balaban J connectivity index is 2.45. The van der Waals surface area contributed by atoms with Crippen LogP contribution in [0.4, 0.5) is 0 Å².